The van der Waals surface area contributed by atoms with E-state index < -0.39 is 0 Å². The summed E-state index contributed by atoms with van der Waals surface area (Å²) in [5, 5.41) is 11.7. The molecule has 0 spiro atoms. The molecule has 0 unspecified atom stereocenters. The largest absolute Gasteiger partial charge is 0.512 e. The molecule has 4 aromatic rings. The predicted molar refractivity (Wildman–Crippen MR) is 132 cm³/mol. The van der Waals surface area contributed by atoms with E-state index in [0.717, 1.165) is 39.0 Å². The molecule has 34 heavy (non-hydrogen) atoms. The maximum absolute atomic E-state index is 10.0. The van der Waals surface area contributed by atoms with Crippen LogP contribution < -0.4 is 4.74 Å². The first-order chi connectivity index (χ1) is 15.6. The standard InChI is InChI=1S/C23H19N2O.C5H8O2.Ir/c1-13-12-25-22-15-10-14-6-5-9-24-17(14)11-19(15)26-18-8-7-16(23(2,3)4)20(13)21(18)22;1-4(6)3-5(2)7;/h5-9,11-12H,1-4H3;3,6H,1-2H3;/q-1;;/b;4-3-;. The van der Waals surface area contributed by atoms with E-state index in [9.17, 15) is 4.79 Å². The number of nitrogens with zero attached hydrogens (tertiary/aromatic N) is 2. The second-order valence-electron chi connectivity index (χ2n) is 9.34. The number of carbonyl (C=O) groups is 1. The van der Waals surface area contributed by atoms with Crippen LogP contribution in [0.1, 0.15) is 45.7 Å². The van der Waals surface area contributed by atoms with Crippen LogP contribution in [0.25, 0.3) is 32.9 Å². The Morgan fingerprint density at radius 1 is 1.09 bits per heavy atom. The van der Waals surface area contributed by atoms with Gasteiger partial charge in [0.05, 0.1) is 11.5 Å². The summed E-state index contributed by atoms with van der Waals surface area (Å²) in [6.45, 7) is 11.7. The van der Waals surface area contributed by atoms with Crippen molar-refractivity contribution in [2.24, 2.45) is 0 Å². The monoisotopic (exact) mass is 632 g/mol. The fraction of sp³-hybridized carbons (Fsp3) is 0.250. The molecule has 5 rings (SSSR count). The van der Waals surface area contributed by atoms with Crippen molar-refractivity contribution in [3.8, 4) is 22.8 Å². The van der Waals surface area contributed by atoms with Crippen LogP contribution >= 0.6 is 0 Å². The van der Waals surface area contributed by atoms with Gasteiger partial charge in [-0.3, -0.25) is 14.8 Å². The summed E-state index contributed by atoms with van der Waals surface area (Å²) < 4.78 is 6.27. The van der Waals surface area contributed by atoms with Crippen molar-refractivity contribution in [2.45, 2.75) is 47.0 Å². The number of aliphatic hydroxyl groups is 1. The Kier molecular flexibility index (Phi) is 7.25. The van der Waals surface area contributed by atoms with Gasteiger partial charge in [-0.25, -0.2) is 0 Å². The van der Waals surface area contributed by atoms with Crippen molar-refractivity contribution in [1.29, 1.82) is 0 Å². The van der Waals surface area contributed by atoms with E-state index in [1.54, 1.807) is 6.20 Å². The Morgan fingerprint density at radius 3 is 2.44 bits per heavy atom. The molecule has 2 aromatic heterocycles. The number of ketones is 1. The third-order valence-corrected chi connectivity index (χ3v) is 5.47. The van der Waals surface area contributed by atoms with Crippen LogP contribution in [0.15, 0.2) is 54.6 Å². The summed E-state index contributed by atoms with van der Waals surface area (Å²) in [5.74, 6) is 1.56. The normalized spacial score (nSPS) is 12.2. The van der Waals surface area contributed by atoms with Crippen LogP contribution in [0.4, 0.5) is 0 Å². The number of benzene rings is 2. The van der Waals surface area contributed by atoms with E-state index in [0.29, 0.717) is 0 Å². The molecule has 2 aromatic carbocycles. The molecule has 0 atom stereocenters. The first kappa shape index (κ1) is 25.5. The number of ether oxygens (including phenoxy) is 1. The zero-order chi connectivity index (χ0) is 23.9. The van der Waals surface area contributed by atoms with Crippen molar-refractivity contribution in [1.82, 2.24) is 9.97 Å². The Balaban J connectivity index is 0.000000357. The molecule has 0 bridgehead atoms. The van der Waals surface area contributed by atoms with Crippen LogP contribution in [0.2, 0.25) is 0 Å². The molecule has 0 aliphatic carbocycles. The van der Waals surface area contributed by atoms with Crippen molar-refractivity contribution < 1.29 is 34.7 Å². The number of hydrogen-bond donors (Lipinski definition) is 1. The molecule has 1 N–H and O–H groups in total. The van der Waals surface area contributed by atoms with Gasteiger partial charge in [-0.05, 0) is 48.8 Å². The maximum Gasteiger partial charge on any atom is 0.155 e. The average molecular weight is 632 g/mol. The third kappa shape index (κ3) is 4.89. The van der Waals surface area contributed by atoms with Gasteiger partial charge in [0.1, 0.15) is 5.75 Å². The molecule has 1 aliphatic rings. The quantitative estimate of drug-likeness (QED) is 0.123. The molecule has 1 aliphatic heterocycles. The number of rotatable bonds is 1. The van der Waals surface area contributed by atoms with Crippen LogP contribution in [0.3, 0.4) is 0 Å². The van der Waals surface area contributed by atoms with E-state index in [4.69, 9.17) is 14.8 Å². The first-order valence-electron chi connectivity index (χ1n) is 10.9. The number of fused-ring (bicyclic) bond motifs is 3. The number of aromatic nitrogens is 2. The fourth-order valence-corrected chi connectivity index (χ4v) is 4.12. The van der Waals surface area contributed by atoms with Gasteiger partial charge in [0.15, 0.2) is 5.78 Å². The van der Waals surface area contributed by atoms with Crippen molar-refractivity contribution in [3.05, 3.63) is 71.8 Å². The summed E-state index contributed by atoms with van der Waals surface area (Å²) in [4.78, 5) is 19.2. The average Bonchev–Trinajstić information content (AvgIpc) is 2.73. The maximum atomic E-state index is 10.0. The summed E-state index contributed by atoms with van der Waals surface area (Å²) in [5.41, 5.74) is 5.26. The van der Waals surface area contributed by atoms with Gasteiger partial charge >= 0.3 is 0 Å². The van der Waals surface area contributed by atoms with Crippen LogP contribution in [-0.4, -0.2) is 20.9 Å². The number of pyridine rings is 2. The molecule has 0 fully saturated rings. The van der Waals surface area contributed by atoms with E-state index in [-0.39, 0.29) is 37.1 Å². The van der Waals surface area contributed by atoms with Crippen LogP contribution in [0, 0.1) is 13.0 Å². The summed E-state index contributed by atoms with van der Waals surface area (Å²) in [6, 6.07) is 13.7. The number of allylic oxidation sites excluding steroid dienone is 2. The Morgan fingerprint density at radius 2 is 1.82 bits per heavy atom. The minimum absolute atomic E-state index is 0. The Bertz CT molecular complexity index is 1430. The third-order valence-electron chi connectivity index (χ3n) is 5.47. The van der Waals surface area contributed by atoms with Gasteiger partial charge in [0, 0.05) is 55.2 Å². The smallest absolute Gasteiger partial charge is 0.155 e. The minimum atomic E-state index is -0.125. The number of aliphatic hydroxyl groups excluding tert-OH is 1. The molecule has 0 amide bonds. The topological polar surface area (TPSA) is 72.3 Å². The van der Waals surface area contributed by atoms with E-state index in [2.05, 4.69) is 50.9 Å². The molecule has 3 heterocycles. The molecule has 6 heteroatoms. The van der Waals surface area contributed by atoms with Gasteiger partial charge in [-0.2, -0.15) is 0 Å². The number of hydrogen-bond acceptors (Lipinski definition) is 5. The molecular weight excluding hydrogens is 605 g/mol. The second kappa shape index (κ2) is 9.65. The summed E-state index contributed by atoms with van der Waals surface area (Å²) in [7, 11) is 0. The predicted octanol–water partition coefficient (Wildman–Crippen LogP) is 7.00. The SMILES string of the molecule is CC(=O)/C=C(/C)O.Cc1cnc2c3c(ccc(C(C)(C)C)c13)Oc1cc3ncccc3[c-]c1-2.[Ir]. The second-order valence-corrected chi connectivity index (χ2v) is 9.34. The first-order valence-corrected chi connectivity index (χ1v) is 10.9. The van der Waals surface area contributed by atoms with Crippen molar-refractivity contribution in [2.75, 3.05) is 0 Å². The summed E-state index contributed by atoms with van der Waals surface area (Å²) >= 11 is 0. The minimum Gasteiger partial charge on any atom is -0.512 e. The van der Waals surface area contributed by atoms with Crippen molar-refractivity contribution in [3.63, 3.8) is 0 Å². The van der Waals surface area contributed by atoms with E-state index in [1.807, 2.05) is 24.4 Å². The Hall–Kier alpha value is -3.08. The van der Waals surface area contributed by atoms with E-state index >= 15 is 0 Å². The van der Waals surface area contributed by atoms with Gasteiger partial charge < -0.3 is 9.84 Å². The molecule has 0 saturated carbocycles. The summed E-state index contributed by atoms with van der Waals surface area (Å²) in [6.07, 6.45) is 4.92. The molecule has 0 saturated heterocycles. The van der Waals surface area contributed by atoms with Crippen molar-refractivity contribution >= 4 is 27.5 Å². The van der Waals surface area contributed by atoms with Crippen LogP contribution in [0.5, 0.6) is 11.5 Å². The van der Waals surface area contributed by atoms with Gasteiger partial charge in [-0.1, -0.05) is 49.9 Å². The molecule has 1 radical (unpaired) electrons. The van der Waals surface area contributed by atoms with E-state index in [1.165, 1.54) is 36.4 Å². The molecule has 5 nitrogen and oxygen atoms in total. The van der Waals surface area contributed by atoms with Gasteiger partial charge in [0.2, 0.25) is 0 Å². The number of aryl methyl sites for hydroxylation is 1. The van der Waals surface area contributed by atoms with Gasteiger partial charge in [0.25, 0.3) is 0 Å². The zero-order valence-corrected chi connectivity index (χ0v) is 22.5. The van der Waals surface area contributed by atoms with Crippen LogP contribution in [-0.2, 0) is 30.3 Å². The molecular formula is C28H27IrN2O3-. The number of carbonyl (C=O) groups excluding carboxylic acids is 1. The fourth-order valence-electron chi connectivity index (χ4n) is 4.12. The molecule has 177 valence electrons. The zero-order valence-electron chi connectivity index (χ0n) is 20.1. The van der Waals surface area contributed by atoms with Gasteiger partial charge in [-0.15, -0.1) is 12.1 Å². The Labute approximate surface area is 213 Å².